The van der Waals surface area contributed by atoms with Crippen molar-refractivity contribution in [3.05, 3.63) is 65.0 Å². The van der Waals surface area contributed by atoms with E-state index in [-0.39, 0.29) is 0 Å². The van der Waals surface area contributed by atoms with Crippen molar-refractivity contribution < 1.29 is 0 Å². The van der Waals surface area contributed by atoms with E-state index in [9.17, 15) is 0 Å². The standard InChI is InChI=1S/C17H20N2/c1-2-13-5-7-14(8-6-13)12-19-16-10-9-15-4-3-11-18-17(15)16/h3-8,11,16,19H,2,9-10,12H2,1H3. The third-order valence-electron chi connectivity index (χ3n) is 3.94. The molecule has 2 nitrogen and oxygen atoms in total. The number of nitrogens with one attached hydrogen (secondary N) is 1. The molecule has 2 heteroatoms. The van der Waals surface area contributed by atoms with Crippen LogP contribution in [-0.2, 0) is 19.4 Å². The van der Waals surface area contributed by atoms with Crippen LogP contribution in [0.3, 0.4) is 0 Å². The molecule has 1 heterocycles. The summed E-state index contributed by atoms with van der Waals surface area (Å²) in [7, 11) is 0. The molecule has 3 rings (SSSR count). The minimum atomic E-state index is 0.419. The summed E-state index contributed by atoms with van der Waals surface area (Å²) in [5.74, 6) is 0. The Morgan fingerprint density at radius 1 is 1.16 bits per heavy atom. The van der Waals surface area contributed by atoms with Crippen molar-refractivity contribution in [1.82, 2.24) is 10.3 Å². The van der Waals surface area contributed by atoms with Gasteiger partial charge >= 0.3 is 0 Å². The van der Waals surface area contributed by atoms with Gasteiger partial charge in [0.05, 0.1) is 11.7 Å². The maximum Gasteiger partial charge on any atom is 0.0605 e. The van der Waals surface area contributed by atoms with Crippen molar-refractivity contribution in [2.24, 2.45) is 0 Å². The van der Waals surface area contributed by atoms with Crippen LogP contribution < -0.4 is 5.32 Å². The zero-order chi connectivity index (χ0) is 13.1. The van der Waals surface area contributed by atoms with Gasteiger partial charge in [-0.1, -0.05) is 37.3 Å². The SMILES string of the molecule is CCc1ccc(CNC2CCc3cccnc32)cc1. The van der Waals surface area contributed by atoms with E-state index in [2.05, 4.69) is 47.6 Å². The predicted octanol–water partition coefficient (Wildman–Crippen LogP) is 3.42. The molecule has 0 amide bonds. The first-order valence-electron chi connectivity index (χ1n) is 7.12. The maximum atomic E-state index is 4.52. The third kappa shape index (κ3) is 2.69. The lowest BCUT2D eigenvalue weighted by Crippen LogP contribution is -2.19. The van der Waals surface area contributed by atoms with Crippen molar-refractivity contribution in [3.8, 4) is 0 Å². The van der Waals surface area contributed by atoms with E-state index in [0.29, 0.717) is 6.04 Å². The normalized spacial score (nSPS) is 17.4. The fourth-order valence-corrected chi connectivity index (χ4v) is 2.75. The van der Waals surface area contributed by atoms with Crippen molar-refractivity contribution in [2.45, 2.75) is 38.8 Å². The van der Waals surface area contributed by atoms with Gasteiger partial charge in [-0.05, 0) is 42.0 Å². The van der Waals surface area contributed by atoms with Gasteiger partial charge in [-0.15, -0.1) is 0 Å². The molecule has 0 saturated carbocycles. The van der Waals surface area contributed by atoms with E-state index in [1.807, 2.05) is 12.3 Å². The first kappa shape index (κ1) is 12.4. The number of rotatable bonds is 4. The van der Waals surface area contributed by atoms with Gasteiger partial charge in [-0.3, -0.25) is 4.98 Å². The molecule has 1 aromatic heterocycles. The van der Waals surface area contributed by atoms with Crippen LogP contribution in [0.2, 0.25) is 0 Å². The fraction of sp³-hybridized carbons (Fsp3) is 0.353. The highest BCUT2D eigenvalue weighted by molar-refractivity contribution is 5.28. The fourth-order valence-electron chi connectivity index (χ4n) is 2.75. The molecule has 1 N–H and O–H groups in total. The molecular weight excluding hydrogens is 232 g/mol. The summed E-state index contributed by atoms with van der Waals surface area (Å²) < 4.78 is 0. The maximum absolute atomic E-state index is 4.52. The number of aromatic nitrogens is 1. The van der Waals surface area contributed by atoms with Gasteiger partial charge in [0, 0.05) is 12.7 Å². The Morgan fingerprint density at radius 2 is 1.95 bits per heavy atom. The predicted molar refractivity (Wildman–Crippen MR) is 78.0 cm³/mol. The zero-order valence-electron chi connectivity index (χ0n) is 11.4. The summed E-state index contributed by atoms with van der Waals surface area (Å²) in [6.07, 6.45) is 5.32. The number of hydrogen-bond donors (Lipinski definition) is 1. The quantitative estimate of drug-likeness (QED) is 0.902. The van der Waals surface area contributed by atoms with E-state index in [1.54, 1.807) is 0 Å². The first-order valence-corrected chi connectivity index (χ1v) is 7.12. The Hall–Kier alpha value is -1.67. The van der Waals surface area contributed by atoms with Gasteiger partial charge < -0.3 is 5.32 Å². The van der Waals surface area contributed by atoms with Crippen LogP contribution in [0.5, 0.6) is 0 Å². The third-order valence-corrected chi connectivity index (χ3v) is 3.94. The molecule has 1 atom stereocenters. The molecular formula is C17H20N2. The number of aryl methyl sites for hydroxylation is 2. The zero-order valence-corrected chi connectivity index (χ0v) is 11.4. The van der Waals surface area contributed by atoms with Crippen LogP contribution in [0.1, 0.15) is 41.8 Å². The largest absolute Gasteiger partial charge is 0.304 e. The highest BCUT2D eigenvalue weighted by atomic mass is 14.9. The Balaban J connectivity index is 1.64. The van der Waals surface area contributed by atoms with Gasteiger partial charge in [0.2, 0.25) is 0 Å². The molecule has 0 fully saturated rings. The summed E-state index contributed by atoms with van der Waals surface area (Å²) in [4.78, 5) is 4.52. The van der Waals surface area contributed by atoms with Crippen LogP contribution in [-0.4, -0.2) is 4.98 Å². The lowest BCUT2D eigenvalue weighted by atomic mass is 10.1. The molecule has 98 valence electrons. The molecule has 1 aliphatic carbocycles. The summed E-state index contributed by atoms with van der Waals surface area (Å²) >= 11 is 0. The molecule has 0 aliphatic heterocycles. The molecule has 0 bridgehead atoms. The Kier molecular flexibility index (Phi) is 3.60. The highest BCUT2D eigenvalue weighted by Gasteiger charge is 2.22. The van der Waals surface area contributed by atoms with Crippen molar-refractivity contribution in [3.63, 3.8) is 0 Å². The average molecular weight is 252 g/mol. The van der Waals surface area contributed by atoms with Crippen molar-refractivity contribution in [2.75, 3.05) is 0 Å². The smallest absolute Gasteiger partial charge is 0.0605 e. The Bertz CT molecular complexity index is 545. The molecule has 1 unspecified atom stereocenters. The molecule has 1 aliphatic rings. The van der Waals surface area contributed by atoms with Crippen LogP contribution in [0.15, 0.2) is 42.6 Å². The van der Waals surface area contributed by atoms with Crippen molar-refractivity contribution in [1.29, 1.82) is 0 Å². The van der Waals surface area contributed by atoms with Gasteiger partial charge in [0.15, 0.2) is 0 Å². The molecule has 0 spiro atoms. The lowest BCUT2D eigenvalue weighted by Gasteiger charge is -2.13. The summed E-state index contributed by atoms with van der Waals surface area (Å²) in [5, 5.41) is 3.63. The van der Waals surface area contributed by atoms with E-state index in [1.165, 1.54) is 28.8 Å². The van der Waals surface area contributed by atoms with E-state index >= 15 is 0 Å². The van der Waals surface area contributed by atoms with Crippen LogP contribution in [0.4, 0.5) is 0 Å². The van der Waals surface area contributed by atoms with Gasteiger partial charge in [0.25, 0.3) is 0 Å². The Labute approximate surface area is 114 Å². The first-order chi connectivity index (χ1) is 9.36. The van der Waals surface area contributed by atoms with E-state index < -0.39 is 0 Å². The minimum absolute atomic E-state index is 0.419. The second-order valence-electron chi connectivity index (χ2n) is 5.19. The van der Waals surface area contributed by atoms with E-state index in [0.717, 1.165) is 19.4 Å². The van der Waals surface area contributed by atoms with Gasteiger partial charge in [-0.2, -0.15) is 0 Å². The van der Waals surface area contributed by atoms with Crippen LogP contribution in [0.25, 0.3) is 0 Å². The summed E-state index contributed by atoms with van der Waals surface area (Å²) in [6, 6.07) is 13.5. The lowest BCUT2D eigenvalue weighted by molar-refractivity contribution is 0.521. The van der Waals surface area contributed by atoms with Crippen LogP contribution >= 0.6 is 0 Å². The highest BCUT2D eigenvalue weighted by Crippen LogP contribution is 2.28. The molecule has 0 saturated heterocycles. The average Bonchev–Trinajstić information content (AvgIpc) is 2.89. The number of pyridine rings is 1. The van der Waals surface area contributed by atoms with E-state index in [4.69, 9.17) is 0 Å². The van der Waals surface area contributed by atoms with Gasteiger partial charge in [-0.25, -0.2) is 0 Å². The molecule has 1 aromatic carbocycles. The number of nitrogens with zero attached hydrogens (tertiary/aromatic N) is 1. The van der Waals surface area contributed by atoms with Crippen molar-refractivity contribution >= 4 is 0 Å². The summed E-state index contributed by atoms with van der Waals surface area (Å²) in [5.41, 5.74) is 5.40. The minimum Gasteiger partial charge on any atom is -0.304 e. The van der Waals surface area contributed by atoms with Crippen LogP contribution in [0, 0.1) is 0 Å². The monoisotopic (exact) mass is 252 g/mol. The number of benzene rings is 1. The Morgan fingerprint density at radius 3 is 2.74 bits per heavy atom. The number of hydrogen-bond acceptors (Lipinski definition) is 2. The number of fused-ring (bicyclic) bond motifs is 1. The van der Waals surface area contributed by atoms with Gasteiger partial charge in [0.1, 0.15) is 0 Å². The second-order valence-corrected chi connectivity index (χ2v) is 5.19. The molecule has 0 radical (unpaired) electrons. The molecule has 2 aromatic rings. The topological polar surface area (TPSA) is 24.9 Å². The summed E-state index contributed by atoms with van der Waals surface area (Å²) in [6.45, 7) is 3.11. The second kappa shape index (κ2) is 5.54. The molecule has 19 heavy (non-hydrogen) atoms.